The lowest BCUT2D eigenvalue weighted by Crippen LogP contribution is -2.33. The van der Waals surface area contributed by atoms with Crippen molar-refractivity contribution in [3.63, 3.8) is 0 Å². The van der Waals surface area contributed by atoms with Crippen LogP contribution in [-0.4, -0.2) is 44.1 Å². The first-order valence-corrected chi connectivity index (χ1v) is 17.8. The molecule has 2 heterocycles. The van der Waals surface area contributed by atoms with Crippen molar-refractivity contribution in [2.75, 3.05) is 6.61 Å². The summed E-state index contributed by atoms with van der Waals surface area (Å²) in [6.07, 6.45) is 6.84. The second kappa shape index (κ2) is 17.7. The average molecular weight is 688 g/mol. The summed E-state index contributed by atoms with van der Waals surface area (Å²) in [4.78, 5) is 60.9. The molecule has 3 rings (SSSR count). The van der Waals surface area contributed by atoms with Gasteiger partial charge in [0.25, 0.3) is 5.56 Å². The van der Waals surface area contributed by atoms with Crippen molar-refractivity contribution < 1.29 is 46.5 Å². The van der Waals surface area contributed by atoms with Crippen molar-refractivity contribution >= 4 is 21.6 Å². The number of phosphoric acid groups is 2. The lowest BCUT2D eigenvalue weighted by atomic mass is 10.1. The molecule has 19 heteroatoms. The molecule has 1 aliphatic rings. The predicted molar refractivity (Wildman–Crippen MR) is 164 cm³/mol. The van der Waals surface area contributed by atoms with Crippen molar-refractivity contribution in [2.24, 2.45) is 5.11 Å². The van der Waals surface area contributed by atoms with Gasteiger partial charge in [0.15, 0.2) is 0 Å². The van der Waals surface area contributed by atoms with Gasteiger partial charge in [-0.05, 0) is 36.6 Å². The van der Waals surface area contributed by atoms with Crippen LogP contribution in [0.25, 0.3) is 10.4 Å². The zero-order valence-corrected chi connectivity index (χ0v) is 27.3. The van der Waals surface area contributed by atoms with Crippen molar-refractivity contribution in [1.82, 2.24) is 9.55 Å². The number of nitrogens with one attached hydrogen (secondary N) is 1. The highest BCUT2D eigenvalue weighted by Crippen LogP contribution is 2.61. The summed E-state index contributed by atoms with van der Waals surface area (Å²) in [6, 6.07) is 4.94. The Bertz CT molecular complexity index is 1570. The van der Waals surface area contributed by atoms with Crippen molar-refractivity contribution in [3.8, 4) is 5.75 Å². The highest BCUT2D eigenvalue weighted by Gasteiger charge is 2.40. The summed E-state index contributed by atoms with van der Waals surface area (Å²) in [5.74, 6) is -0.0847. The molecule has 0 aliphatic carbocycles. The number of ether oxygens (including phenoxy) is 2. The molecule has 1 aromatic heterocycles. The third-order valence-electron chi connectivity index (χ3n) is 7.00. The maximum Gasteiger partial charge on any atom is 0.481 e. The van der Waals surface area contributed by atoms with Crippen LogP contribution >= 0.6 is 15.6 Å². The van der Waals surface area contributed by atoms with E-state index in [1.165, 1.54) is 56.6 Å². The van der Waals surface area contributed by atoms with E-state index in [0.717, 1.165) is 30.3 Å². The number of phosphoric ester groups is 2. The molecule has 0 saturated carbocycles. The van der Waals surface area contributed by atoms with Crippen molar-refractivity contribution in [2.45, 2.75) is 96.6 Å². The van der Waals surface area contributed by atoms with Gasteiger partial charge >= 0.3 is 27.3 Å². The number of benzene rings is 1. The van der Waals surface area contributed by atoms with Crippen LogP contribution in [0.5, 0.6) is 5.75 Å². The van der Waals surface area contributed by atoms with Crippen molar-refractivity contribution in [1.29, 1.82) is 0 Å². The Labute approximate surface area is 264 Å². The van der Waals surface area contributed by atoms with E-state index in [1.807, 2.05) is 0 Å². The number of H-pyrrole nitrogens is 1. The summed E-state index contributed by atoms with van der Waals surface area (Å²) in [6.45, 7) is 2.39. The molecule has 1 aliphatic heterocycles. The summed E-state index contributed by atoms with van der Waals surface area (Å²) in [7, 11) is -10.3. The van der Waals surface area contributed by atoms with Crippen LogP contribution in [-0.2, 0) is 38.6 Å². The van der Waals surface area contributed by atoms with E-state index in [-0.39, 0.29) is 23.7 Å². The maximum absolute atomic E-state index is 12.4. The second-order valence-electron chi connectivity index (χ2n) is 10.7. The Kier molecular flexibility index (Phi) is 14.4. The van der Waals surface area contributed by atoms with E-state index >= 15 is 0 Å². The van der Waals surface area contributed by atoms with Crippen molar-refractivity contribution in [3.05, 3.63) is 72.9 Å². The highest BCUT2D eigenvalue weighted by molar-refractivity contribution is 7.61. The first-order valence-electron chi connectivity index (χ1n) is 14.8. The van der Waals surface area contributed by atoms with Gasteiger partial charge in [0.05, 0.1) is 25.4 Å². The zero-order chi connectivity index (χ0) is 33.7. The Morgan fingerprint density at radius 2 is 1.74 bits per heavy atom. The Morgan fingerprint density at radius 1 is 1.09 bits per heavy atom. The minimum Gasteiger partial charge on any atom is -0.427 e. The molecule has 1 fully saturated rings. The number of unbranched alkanes of at least 4 members (excludes halogenated alkanes) is 6. The molecule has 2 aromatic rings. The van der Waals surface area contributed by atoms with Crippen LogP contribution in [0.15, 0.2) is 45.2 Å². The third kappa shape index (κ3) is 12.3. The minimum absolute atomic E-state index is 0.0428. The lowest BCUT2D eigenvalue weighted by molar-refractivity contribution is -0.134. The van der Waals surface area contributed by atoms with Gasteiger partial charge in [0.1, 0.15) is 12.0 Å². The van der Waals surface area contributed by atoms with E-state index in [1.54, 1.807) is 0 Å². The van der Waals surface area contributed by atoms with Crippen LogP contribution < -0.4 is 16.0 Å². The summed E-state index contributed by atoms with van der Waals surface area (Å²) in [5.41, 5.74) is 8.10. The van der Waals surface area contributed by atoms with Gasteiger partial charge in [-0.2, -0.15) is 4.31 Å². The molecule has 2 unspecified atom stereocenters. The smallest absolute Gasteiger partial charge is 0.427 e. The third-order valence-corrected chi connectivity index (χ3v) is 9.58. The molecule has 46 heavy (non-hydrogen) atoms. The molecule has 254 valence electrons. The molecule has 0 amide bonds. The SMILES string of the molecule is CCCCCCCCCC(=O)Oc1ccc(COP(=O)(O)OP(=O)(O)OC[C@H]2O[C@@H](n3cc(C)c(=O)[nH]c3=O)C[C@@H]2N=[N+]=[N-])cc1. The Balaban J connectivity index is 1.46. The van der Waals surface area contributed by atoms with Gasteiger partial charge < -0.3 is 19.3 Å². The van der Waals surface area contributed by atoms with Gasteiger partial charge in [0, 0.05) is 29.5 Å². The first kappa shape index (κ1) is 37.4. The second-order valence-corrected chi connectivity index (χ2v) is 13.7. The predicted octanol–water partition coefficient (Wildman–Crippen LogP) is 5.31. The maximum atomic E-state index is 12.4. The Morgan fingerprint density at radius 3 is 2.41 bits per heavy atom. The molecule has 1 saturated heterocycles. The topological polar surface area (TPSA) is 241 Å². The number of carbonyl (C=O) groups is 1. The molecular formula is C27H39N5O12P2. The minimum atomic E-state index is -5.22. The summed E-state index contributed by atoms with van der Waals surface area (Å²) in [5, 5.41) is 3.56. The Hall–Kier alpha value is -3.10. The van der Waals surface area contributed by atoms with Crippen LogP contribution in [0.1, 0.15) is 82.1 Å². The van der Waals surface area contributed by atoms with E-state index < -0.39 is 58.5 Å². The quantitative estimate of drug-likeness (QED) is 0.0324. The van der Waals surface area contributed by atoms with Crippen LogP contribution in [0.2, 0.25) is 0 Å². The monoisotopic (exact) mass is 687 g/mol. The number of hydrogen-bond acceptors (Lipinski definition) is 11. The van der Waals surface area contributed by atoms with Crippen LogP contribution in [0.4, 0.5) is 0 Å². The fraction of sp³-hybridized carbons (Fsp3) is 0.593. The molecule has 0 radical (unpaired) electrons. The number of aromatic amines is 1. The van der Waals surface area contributed by atoms with Gasteiger partial charge in [-0.1, -0.05) is 62.7 Å². The fourth-order valence-electron chi connectivity index (χ4n) is 4.59. The van der Waals surface area contributed by atoms with Crippen LogP contribution in [0, 0.1) is 6.92 Å². The molecule has 5 atom stereocenters. The van der Waals surface area contributed by atoms with E-state index in [2.05, 4.69) is 26.2 Å². The standard InChI is InChI=1S/C27H39N5O12P2/c1-3-4-5-6-7-8-9-10-25(33)42-21-13-11-20(12-14-21)17-40-45(36,37)44-46(38,39)41-18-23-22(30-31-28)15-24(43-23)32-16-19(2)26(34)29-27(32)35/h11-14,16,22-24H,3-10,15,17-18H2,1-2H3,(H,36,37)(H,38,39)(H,29,34,35)/t22-,23+,24+/m0/s1. The number of esters is 1. The summed E-state index contributed by atoms with van der Waals surface area (Å²) >= 11 is 0. The number of aromatic nitrogens is 2. The summed E-state index contributed by atoms with van der Waals surface area (Å²) < 4.78 is 50.9. The number of carbonyl (C=O) groups excluding carboxylic acids is 1. The molecule has 17 nitrogen and oxygen atoms in total. The number of azide groups is 1. The number of rotatable bonds is 19. The van der Waals surface area contributed by atoms with Gasteiger partial charge in [-0.15, -0.1) is 0 Å². The number of aryl methyl sites for hydroxylation is 1. The molecule has 0 bridgehead atoms. The number of nitrogens with zero attached hydrogens (tertiary/aromatic N) is 4. The number of hydrogen-bond donors (Lipinski definition) is 3. The van der Waals surface area contributed by atoms with Gasteiger partial charge in [0.2, 0.25) is 0 Å². The normalized spacial score (nSPS) is 20.4. The first-order chi connectivity index (χ1) is 21.8. The van der Waals surface area contributed by atoms with E-state index in [4.69, 9.17) is 24.1 Å². The highest BCUT2D eigenvalue weighted by atomic mass is 31.3. The molecular weight excluding hydrogens is 648 g/mol. The average Bonchev–Trinajstić information content (AvgIpc) is 3.39. The zero-order valence-electron chi connectivity index (χ0n) is 25.6. The fourth-order valence-corrected chi connectivity index (χ4v) is 6.66. The lowest BCUT2D eigenvalue weighted by Gasteiger charge is -2.20. The van der Waals surface area contributed by atoms with E-state index in [0.29, 0.717) is 12.0 Å². The van der Waals surface area contributed by atoms with E-state index in [9.17, 15) is 33.3 Å². The largest absolute Gasteiger partial charge is 0.481 e. The van der Waals surface area contributed by atoms with Crippen LogP contribution in [0.3, 0.4) is 0 Å². The molecule has 0 spiro atoms. The van der Waals surface area contributed by atoms with Gasteiger partial charge in [-0.25, -0.2) is 13.9 Å². The molecule has 3 N–H and O–H groups in total. The van der Waals surface area contributed by atoms with Gasteiger partial charge in [-0.3, -0.25) is 28.2 Å². The molecule has 1 aromatic carbocycles.